The maximum Gasteiger partial charge on any atom is 0.303 e. The molecule has 1 saturated heterocycles. The van der Waals surface area contributed by atoms with E-state index in [9.17, 15) is 24.9 Å². The van der Waals surface area contributed by atoms with Gasteiger partial charge in [0.1, 0.15) is 5.60 Å². The van der Waals surface area contributed by atoms with Crippen LogP contribution in [0.4, 0.5) is 0 Å². The second kappa shape index (κ2) is 6.36. The van der Waals surface area contributed by atoms with E-state index in [-0.39, 0.29) is 6.42 Å². The van der Waals surface area contributed by atoms with Gasteiger partial charge in [0.05, 0.1) is 17.8 Å². The summed E-state index contributed by atoms with van der Waals surface area (Å²) in [5.74, 6) is -1.87. The number of ketones is 1. The molecule has 0 aromatic heterocycles. The van der Waals surface area contributed by atoms with Gasteiger partial charge < -0.3 is 24.8 Å². The van der Waals surface area contributed by atoms with Crippen molar-refractivity contribution in [3.05, 3.63) is 12.7 Å². The van der Waals surface area contributed by atoms with E-state index in [2.05, 4.69) is 6.58 Å². The summed E-state index contributed by atoms with van der Waals surface area (Å²) in [6.07, 6.45) is -1.29. The van der Waals surface area contributed by atoms with Gasteiger partial charge in [0, 0.05) is 24.7 Å². The quantitative estimate of drug-likeness (QED) is 0.467. The molecule has 3 aliphatic rings. The highest BCUT2D eigenvalue weighted by Gasteiger charge is 2.81. The molecule has 7 heteroatoms. The van der Waals surface area contributed by atoms with Crippen molar-refractivity contribution in [3.8, 4) is 0 Å². The summed E-state index contributed by atoms with van der Waals surface area (Å²) in [4.78, 5) is 25.5. The number of rotatable bonds is 2. The zero-order chi connectivity index (χ0) is 22.2. The number of aliphatic hydroxyl groups excluding tert-OH is 2. The molecule has 1 heterocycles. The zero-order valence-electron chi connectivity index (χ0n) is 18.2. The van der Waals surface area contributed by atoms with Gasteiger partial charge >= 0.3 is 5.97 Å². The van der Waals surface area contributed by atoms with Crippen LogP contribution in [0.3, 0.4) is 0 Å². The van der Waals surface area contributed by atoms with Gasteiger partial charge in [-0.15, -0.1) is 6.58 Å². The molecule has 0 aromatic rings. The minimum Gasteiger partial charge on any atom is -0.457 e. The molecule has 0 spiro atoms. The van der Waals surface area contributed by atoms with Crippen molar-refractivity contribution in [2.24, 2.45) is 16.7 Å². The smallest absolute Gasteiger partial charge is 0.303 e. The lowest BCUT2D eigenvalue weighted by Gasteiger charge is -2.71. The first-order valence-electron chi connectivity index (χ1n) is 10.2. The molecule has 7 nitrogen and oxygen atoms in total. The number of ether oxygens (including phenoxy) is 2. The van der Waals surface area contributed by atoms with E-state index in [1.54, 1.807) is 13.8 Å². The lowest BCUT2D eigenvalue weighted by Crippen LogP contribution is -2.86. The summed E-state index contributed by atoms with van der Waals surface area (Å²) in [6, 6.07) is 0. The van der Waals surface area contributed by atoms with E-state index >= 15 is 0 Å². The van der Waals surface area contributed by atoms with Crippen molar-refractivity contribution in [2.45, 2.75) is 95.9 Å². The second-order valence-corrected chi connectivity index (χ2v) is 10.4. The Balaban J connectivity index is 2.33. The Bertz CT molecular complexity index is 747. The number of fused-ring (bicyclic) bond motifs is 3. The van der Waals surface area contributed by atoms with Crippen molar-refractivity contribution in [3.63, 3.8) is 0 Å². The normalized spacial score (nSPS) is 51.6. The van der Waals surface area contributed by atoms with Crippen LogP contribution in [-0.4, -0.2) is 62.2 Å². The fourth-order valence-corrected chi connectivity index (χ4v) is 6.66. The molecule has 8 atom stereocenters. The van der Waals surface area contributed by atoms with E-state index in [1.807, 2.05) is 13.8 Å². The number of esters is 1. The molecular weight excluding hydrogens is 376 g/mol. The van der Waals surface area contributed by atoms with Crippen molar-refractivity contribution < 1.29 is 34.4 Å². The largest absolute Gasteiger partial charge is 0.457 e. The van der Waals surface area contributed by atoms with E-state index in [0.717, 1.165) is 0 Å². The molecule has 164 valence electrons. The van der Waals surface area contributed by atoms with Gasteiger partial charge in [-0.3, -0.25) is 9.59 Å². The average molecular weight is 411 g/mol. The number of aliphatic hydroxyl groups is 3. The van der Waals surface area contributed by atoms with Crippen molar-refractivity contribution in [1.82, 2.24) is 0 Å². The number of carbonyl (C=O) groups excluding carboxylic acids is 2. The van der Waals surface area contributed by atoms with E-state index in [4.69, 9.17) is 9.47 Å². The van der Waals surface area contributed by atoms with Gasteiger partial charge in [-0.2, -0.15) is 0 Å². The molecule has 1 aliphatic heterocycles. The Morgan fingerprint density at radius 2 is 1.83 bits per heavy atom. The van der Waals surface area contributed by atoms with Crippen LogP contribution in [-0.2, 0) is 19.1 Å². The number of Topliss-reactive ketones (excluding diaryl/α,β-unsaturated/α-hetero) is 1. The summed E-state index contributed by atoms with van der Waals surface area (Å²) >= 11 is 0. The third-order valence-electron chi connectivity index (χ3n) is 8.02. The summed E-state index contributed by atoms with van der Waals surface area (Å²) in [5.41, 5.74) is -7.00. The van der Waals surface area contributed by atoms with Crippen LogP contribution in [0.1, 0.15) is 60.8 Å². The fourth-order valence-electron chi connectivity index (χ4n) is 6.66. The third kappa shape index (κ3) is 2.63. The monoisotopic (exact) mass is 410 g/mol. The summed E-state index contributed by atoms with van der Waals surface area (Å²) in [7, 11) is 0. The molecule has 0 bridgehead atoms. The van der Waals surface area contributed by atoms with Crippen molar-refractivity contribution in [1.29, 1.82) is 0 Å². The molecule has 3 N–H and O–H groups in total. The van der Waals surface area contributed by atoms with Gasteiger partial charge in [0.25, 0.3) is 0 Å². The maximum absolute atomic E-state index is 13.6. The topological polar surface area (TPSA) is 113 Å². The van der Waals surface area contributed by atoms with Crippen LogP contribution in [0.2, 0.25) is 0 Å². The Labute approximate surface area is 172 Å². The highest BCUT2D eigenvalue weighted by atomic mass is 16.6. The first kappa shape index (κ1) is 22.4. The average Bonchev–Trinajstić information content (AvgIpc) is 2.59. The van der Waals surface area contributed by atoms with Crippen LogP contribution in [0.5, 0.6) is 0 Å². The van der Waals surface area contributed by atoms with Crippen LogP contribution >= 0.6 is 0 Å². The molecule has 3 rings (SSSR count). The first-order chi connectivity index (χ1) is 13.1. The molecule has 0 radical (unpaired) electrons. The van der Waals surface area contributed by atoms with Gasteiger partial charge in [0.15, 0.2) is 17.5 Å². The Morgan fingerprint density at radius 3 is 2.34 bits per heavy atom. The van der Waals surface area contributed by atoms with Crippen LogP contribution in [0.25, 0.3) is 0 Å². The maximum atomic E-state index is 13.6. The molecule has 0 unspecified atom stereocenters. The van der Waals surface area contributed by atoms with E-state index in [1.165, 1.54) is 19.9 Å². The minimum atomic E-state index is -2.18. The minimum absolute atomic E-state index is 0.138. The van der Waals surface area contributed by atoms with E-state index in [0.29, 0.717) is 12.8 Å². The number of hydrogen-bond donors (Lipinski definition) is 3. The molecule has 2 aliphatic carbocycles. The summed E-state index contributed by atoms with van der Waals surface area (Å²) in [6.45, 7) is 13.6. The summed E-state index contributed by atoms with van der Waals surface area (Å²) < 4.78 is 11.8. The van der Waals surface area contributed by atoms with Crippen molar-refractivity contribution >= 4 is 11.8 Å². The Morgan fingerprint density at radius 1 is 1.24 bits per heavy atom. The van der Waals surface area contributed by atoms with Crippen LogP contribution in [0, 0.1) is 16.7 Å². The first-order valence-corrected chi connectivity index (χ1v) is 10.2. The third-order valence-corrected chi connectivity index (χ3v) is 8.02. The van der Waals surface area contributed by atoms with Gasteiger partial charge in [-0.05, 0) is 32.1 Å². The SMILES string of the molecule is C=C[C@@]1(C)CC(=O)[C@]2(O)[C@@]3(C)[C@H](O)CCC(C)(C)[C@@H]3[C@@H](O)[C@H](OC(C)=O)[C@@]2(C)O1. The van der Waals surface area contributed by atoms with E-state index < -0.39 is 63.6 Å². The second-order valence-electron chi connectivity index (χ2n) is 10.4. The lowest BCUT2D eigenvalue weighted by atomic mass is 9.40. The van der Waals surface area contributed by atoms with Gasteiger partial charge in [-0.1, -0.05) is 26.8 Å². The van der Waals surface area contributed by atoms with Crippen LogP contribution in [0.15, 0.2) is 12.7 Å². The predicted octanol–water partition coefficient (Wildman–Crippen LogP) is 1.52. The van der Waals surface area contributed by atoms with Gasteiger partial charge in [-0.25, -0.2) is 0 Å². The predicted molar refractivity (Wildman–Crippen MR) is 105 cm³/mol. The summed E-state index contributed by atoms with van der Waals surface area (Å²) in [5, 5.41) is 34.7. The number of hydrogen-bond acceptors (Lipinski definition) is 7. The van der Waals surface area contributed by atoms with Crippen LogP contribution < -0.4 is 0 Å². The molecule has 2 saturated carbocycles. The lowest BCUT2D eigenvalue weighted by molar-refractivity contribution is -0.370. The van der Waals surface area contributed by atoms with Crippen molar-refractivity contribution in [2.75, 3.05) is 0 Å². The molecular formula is C22H34O7. The fraction of sp³-hybridized carbons (Fsp3) is 0.818. The Kier molecular flexibility index (Phi) is 4.91. The molecule has 0 amide bonds. The zero-order valence-corrected chi connectivity index (χ0v) is 18.2. The molecule has 3 fully saturated rings. The highest BCUT2D eigenvalue weighted by molar-refractivity contribution is 5.92. The Hall–Kier alpha value is -1.28. The van der Waals surface area contributed by atoms with Gasteiger partial charge in [0.2, 0.25) is 0 Å². The number of carbonyl (C=O) groups is 2. The highest BCUT2D eigenvalue weighted by Crippen LogP contribution is 2.66. The standard InChI is InChI=1S/C22H34O7/c1-8-19(5)11-14(25)22(27)20(6)13(24)9-10-18(3,4)16(20)15(26)17(28-12(2)23)21(22,7)29-19/h8,13,15-17,24,26-27H,1,9-11H2,2-7H3/t13-,15-,16+,17+,19+,20+,21-,22+/m1/s1. The molecule has 0 aromatic carbocycles. The molecule has 29 heavy (non-hydrogen) atoms.